The molecule has 0 aromatic heterocycles. The van der Waals surface area contributed by atoms with Crippen molar-refractivity contribution in [3.05, 3.63) is 92.5 Å². The summed E-state index contributed by atoms with van der Waals surface area (Å²) in [5.74, 6) is 0.372. The number of hydrogen-bond acceptors (Lipinski definition) is 4. The number of aryl methyl sites for hydroxylation is 3. The Balaban J connectivity index is 1.87. The highest BCUT2D eigenvalue weighted by Gasteiger charge is 2.16. The molecule has 3 aromatic rings. The van der Waals surface area contributed by atoms with Crippen molar-refractivity contribution < 1.29 is 14.3 Å². The molecule has 0 atom stereocenters. The Morgan fingerprint density at radius 3 is 2.43 bits per heavy atom. The summed E-state index contributed by atoms with van der Waals surface area (Å²) in [5, 5.41) is 12.8. The highest BCUT2D eigenvalue weighted by Crippen LogP contribution is 2.38. The standard InChI is InChI=1S/C29H29ClN2O3/c1-6-34-27-15-22(13-24(16-31)29(33)32-26-9-7-8-20(4)21(26)5)14-25(30)28(27)35-17-23-11-18(2)10-19(3)12-23/h7-15H,6,17H2,1-5H3,(H,32,33)/b24-13+. The molecule has 0 aliphatic carbocycles. The van der Waals surface area contributed by atoms with Crippen LogP contribution in [0.4, 0.5) is 5.69 Å². The van der Waals surface area contributed by atoms with Crippen LogP contribution in [0, 0.1) is 39.0 Å². The van der Waals surface area contributed by atoms with E-state index in [0.29, 0.717) is 41.0 Å². The van der Waals surface area contributed by atoms with Crippen LogP contribution in [0.15, 0.2) is 54.1 Å². The third kappa shape index (κ3) is 6.65. The van der Waals surface area contributed by atoms with Crippen LogP contribution >= 0.6 is 11.6 Å². The van der Waals surface area contributed by atoms with Crippen LogP contribution in [0.25, 0.3) is 6.08 Å². The number of carbonyl (C=O) groups is 1. The number of anilines is 1. The maximum Gasteiger partial charge on any atom is 0.266 e. The van der Waals surface area contributed by atoms with Crippen LogP contribution in [-0.4, -0.2) is 12.5 Å². The number of hydrogen-bond donors (Lipinski definition) is 1. The van der Waals surface area contributed by atoms with E-state index in [4.69, 9.17) is 21.1 Å². The van der Waals surface area contributed by atoms with Crippen molar-refractivity contribution in [2.45, 2.75) is 41.2 Å². The Bertz CT molecular complexity index is 1300. The van der Waals surface area contributed by atoms with Crippen LogP contribution in [0.1, 0.15) is 40.3 Å². The average Bonchev–Trinajstić information content (AvgIpc) is 2.79. The minimum absolute atomic E-state index is 0.0478. The summed E-state index contributed by atoms with van der Waals surface area (Å²) in [7, 11) is 0. The first-order chi connectivity index (χ1) is 16.7. The smallest absolute Gasteiger partial charge is 0.266 e. The first kappa shape index (κ1) is 25.9. The van der Waals surface area contributed by atoms with E-state index >= 15 is 0 Å². The first-order valence-corrected chi connectivity index (χ1v) is 11.7. The van der Waals surface area contributed by atoms with Crippen LogP contribution in [0.3, 0.4) is 0 Å². The molecule has 0 aliphatic rings. The number of benzene rings is 3. The van der Waals surface area contributed by atoms with Crippen molar-refractivity contribution >= 4 is 29.3 Å². The second-order valence-corrected chi connectivity index (χ2v) is 8.83. The van der Waals surface area contributed by atoms with Gasteiger partial charge in [-0.1, -0.05) is 53.1 Å². The number of ether oxygens (including phenoxy) is 2. The summed E-state index contributed by atoms with van der Waals surface area (Å²) in [5.41, 5.74) is 6.52. The minimum Gasteiger partial charge on any atom is -0.490 e. The predicted octanol–water partition coefficient (Wildman–Crippen LogP) is 7.10. The normalized spacial score (nSPS) is 11.1. The van der Waals surface area contributed by atoms with E-state index in [1.807, 2.05) is 52.8 Å². The molecule has 0 spiro atoms. The molecule has 0 saturated heterocycles. The molecule has 0 saturated carbocycles. The molecule has 180 valence electrons. The lowest BCUT2D eigenvalue weighted by Gasteiger charge is -2.15. The summed E-state index contributed by atoms with van der Waals surface area (Å²) < 4.78 is 11.8. The van der Waals surface area contributed by atoms with Gasteiger partial charge in [0.15, 0.2) is 11.5 Å². The molecule has 3 rings (SSSR count). The van der Waals surface area contributed by atoms with Crippen LogP contribution in [-0.2, 0) is 11.4 Å². The van der Waals surface area contributed by atoms with Gasteiger partial charge in [-0.15, -0.1) is 0 Å². The van der Waals surface area contributed by atoms with Crippen molar-refractivity contribution in [3.8, 4) is 17.6 Å². The molecule has 3 aromatic carbocycles. The fourth-order valence-electron chi connectivity index (χ4n) is 3.77. The number of nitrogens with zero attached hydrogens (tertiary/aromatic N) is 1. The van der Waals surface area contributed by atoms with Crippen LogP contribution < -0.4 is 14.8 Å². The Labute approximate surface area is 212 Å². The quantitative estimate of drug-likeness (QED) is 0.271. The van der Waals surface area contributed by atoms with Crippen molar-refractivity contribution in [2.24, 2.45) is 0 Å². The lowest BCUT2D eigenvalue weighted by Crippen LogP contribution is -2.14. The fraction of sp³-hybridized carbons (Fsp3) is 0.241. The molecule has 0 aliphatic heterocycles. The number of rotatable bonds is 8. The zero-order valence-corrected chi connectivity index (χ0v) is 21.4. The van der Waals surface area contributed by atoms with E-state index in [9.17, 15) is 10.1 Å². The zero-order valence-electron chi connectivity index (χ0n) is 20.7. The van der Waals surface area contributed by atoms with E-state index < -0.39 is 5.91 Å². The van der Waals surface area contributed by atoms with Gasteiger partial charge in [0.2, 0.25) is 0 Å². The van der Waals surface area contributed by atoms with Gasteiger partial charge in [0.1, 0.15) is 18.2 Å². The topological polar surface area (TPSA) is 71.3 Å². The largest absolute Gasteiger partial charge is 0.490 e. The average molecular weight is 489 g/mol. The summed E-state index contributed by atoms with van der Waals surface area (Å²) in [6.45, 7) is 10.6. The first-order valence-electron chi connectivity index (χ1n) is 11.4. The second-order valence-electron chi connectivity index (χ2n) is 8.42. The zero-order chi connectivity index (χ0) is 25.5. The number of amides is 1. The van der Waals surface area contributed by atoms with Gasteiger partial charge in [-0.2, -0.15) is 5.26 Å². The van der Waals surface area contributed by atoms with E-state index in [1.54, 1.807) is 18.2 Å². The molecule has 1 N–H and O–H groups in total. The van der Waals surface area contributed by atoms with Gasteiger partial charge >= 0.3 is 0 Å². The van der Waals surface area contributed by atoms with Crippen molar-refractivity contribution in [2.75, 3.05) is 11.9 Å². The van der Waals surface area contributed by atoms with Gasteiger partial charge in [0, 0.05) is 5.69 Å². The molecule has 1 amide bonds. The molecular formula is C29H29ClN2O3. The summed E-state index contributed by atoms with van der Waals surface area (Å²) in [6.07, 6.45) is 1.49. The maximum absolute atomic E-state index is 12.8. The monoisotopic (exact) mass is 488 g/mol. The Kier molecular flexibility index (Phi) is 8.57. The van der Waals surface area contributed by atoms with E-state index in [2.05, 4.69) is 23.5 Å². The van der Waals surface area contributed by atoms with E-state index in [1.165, 1.54) is 6.08 Å². The molecule has 0 fully saturated rings. The van der Waals surface area contributed by atoms with Gasteiger partial charge in [-0.25, -0.2) is 0 Å². The number of nitriles is 1. The Morgan fingerprint density at radius 1 is 1.06 bits per heavy atom. The molecule has 0 bridgehead atoms. The number of nitrogens with one attached hydrogen (secondary N) is 1. The maximum atomic E-state index is 12.8. The molecule has 5 nitrogen and oxygen atoms in total. The third-order valence-corrected chi connectivity index (χ3v) is 5.81. The van der Waals surface area contributed by atoms with Crippen molar-refractivity contribution in [3.63, 3.8) is 0 Å². The molecule has 0 unspecified atom stereocenters. The van der Waals surface area contributed by atoms with Gasteiger partial charge < -0.3 is 14.8 Å². The highest BCUT2D eigenvalue weighted by atomic mass is 35.5. The summed E-state index contributed by atoms with van der Waals surface area (Å²) >= 11 is 6.56. The van der Waals surface area contributed by atoms with Crippen molar-refractivity contribution in [1.82, 2.24) is 0 Å². The summed E-state index contributed by atoms with van der Waals surface area (Å²) in [6, 6.07) is 17.2. The van der Waals surface area contributed by atoms with Crippen LogP contribution in [0.5, 0.6) is 11.5 Å². The molecule has 6 heteroatoms. The van der Waals surface area contributed by atoms with Crippen molar-refractivity contribution in [1.29, 1.82) is 5.26 Å². The molecule has 35 heavy (non-hydrogen) atoms. The van der Waals surface area contributed by atoms with E-state index in [0.717, 1.165) is 27.8 Å². The van der Waals surface area contributed by atoms with Gasteiger partial charge in [-0.3, -0.25) is 4.79 Å². The Hall–Kier alpha value is -3.75. The molecule has 0 heterocycles. The second kappa shape index (κ2) is 11.6. The predicted molar refractivity (Wildman–Crippen MR) is 141 cm³/mol. The Morgan fingerprint density at radius 2 is 1.77 bits per heavy atom. The third-order valence-electron chi connectivity index (χ3n) is 5.53. The highest BCUT2D eigenvalue weighted by molar-refractivity contribution is 6.32. The van der Waals surface area contributed by atoms with Gasteiger partial charge in [-0.05, 0) is 81.1 Å². The minimum atomic E-state index is -0.495. The number of halogens is 1. The SMILES string of the molecule is CCOc1cc(/C=C(\C#N)C(=O)Nc2cccc(C)c2C)cc(Cl)c1OCc1cc(C)cc(C)c1. The van der Waals surface area contributed by atoms with Gasteiger partial charge in [0.25, 0.3) is 5.91 Å². The number of carbonyl (C=O) groups excluding carboxylic acids is 1. The van der Waals surface area contributed by atoms with E-state index in [-0.39, 0.29) is 5.57 Å². The van der Waals surface area contributed by atoms with Crippen LogP contribution in [0.2, 0.25) is 5.02 Å². The lowest BCUT2D eigenvalue weighted by molar-refractivity contribution is -0.112. The fourth-order valence-corrected chi connectivity index (χ4v) is 4.05. The molecular weight excluding hydrogens is 460 g/mol. The summed E-state index contributed by atoms with van der Waals surface area (Å²) in [4.78, 5) is 12.8. The van der Waals surface area contributed by atoms with Gasteiger partial charge in [0.05, 0.1) is 11.6 Å². The molecule has 0 radical (unpaired) electrons. The lowest BCUT2D eigenvalue weighted by atomic mass is 10.1.